The summed E-state index contributed by atoms with van der Waals surface area (Å²) >= 11 is 6.63. The molecule has 95 heavy (non-hydrogen) atoms. The molecule has 5 amide bonds. The summed E-state index contributed by atoms with van der Waals surface area (Å²) in [5.74, 6) is -2.06. The van der Waals surface area contributed by atoms with Crippen LogP contribution >= 0.6 is 11.6 Å². The fourth-order valence-electron chi connectivity index (χ4n) is 12.0. The molecule has 3 N–H and O–H groups in total. The van der Waals surface area contributed by atoms with Gasteiger partial charge in [-0.05, 0) is 76.6 Å². The van der Waals surface area contributed by atoms with Gasteiger partial charge in [-0.15, -0.1) is 11.6 Å². The largest absolute Gasteiger partial charge is 0.493 e. The van der Waals surface area contributed by atoms with E-state index in [1.165, 1.54) is 42.1 Å². The van der Waals surface area contributed by atoms with E-state index in [1.54, 1.807) is 18.1 Å². The molecule has 0 spiro atoms. The fraction of sp³-hybridized carbons (Fsp3) is 0.391. The molecule has 26 heteroatoms. The molecule has 1 aliphatic carbocycles. The van der Waals surface area contributed by atoms with Crippen LogP contribution in [0.2, 0.25) is 0 Å². The third-order valence-electron chi connectivity index (χ3n) is 16.8. The zero-order valence-corrected chi connectivity index (χ0v) is 54.7. The Labute approximate surface area is 554 Å². The van der Waals surface area contributed by atoms with Crippen LogP contribution < -0.4 is 39.8 Å². The number of esters is 3. The summed E-state index contributed by atoms with van der Waals surface area (Å²) in [6.07, 6.45) is -7.85. The number of carbonyl (C=O) groups is 8. The van der Waals surface area contributed by atoms with Gasteiger partial charge in [-0.2, -0.15) is 0 Å². The van der Waals surface area contributed by atoms with Crippen molar-refractivity contribution in [3.05, 3.63) is 137 Å². The summed E-state index contributed by atoms with van der Waals surface area (Å²) < 4.78 is 57.2. The van der Waals surface area contributed by atoms with E-state index in [4.69, 9.17) is 59.0 Å². The molecule has 502 valence electrons. The topological polar surface area (TPSA) is 278 Å². The quantitative estimate of drug-likeness (QED) is 0.0290. The van der Waals surface area contributed by atoms with E-state index < -0.39 is 72.7 Å². The van der Waals surface area contributed by atoms with Gasteiger partial charge in [0, 0.05) is 121 Å². The van der Waals surface area contributed by atoms with Gasteiger partial charge in [-0.1, -0.05) is 78.9 Å². The monoisotopic (exact) mass is 1330 g/mol. The van der Waals surface area contributed by atoms with Crippen LogP contribution in [-0.4, -0.2) is 188 Å². The molecule has 2 unspecified atom stereocenters. The van der Waals surface area contributed by atoms with Crippen LogP contribution in [0.4, 0.5) is 31.4 Å². The molecule has 3 aliphatic heterocycles. The number of ether oxygens (including phenoxy) is 10. The summed E-state index contributed by atoms with van der Waals surface area (Å²) in [4.78, 5) is 113. The van der Waals surface area contributed by atoms with Gasteiger partial charge in [0.05, 0.1) is 25.6 Å². The molecular weight excluding hydrogens is 1250 g/mol. The van der Waals surface area contributed by atoms with E-state index in [0.717, 1.165) is 65.4 Å². The zero-order chi connectivity index (χ0) is 67.6. The highest BCUT2D eigenvalue weighted by Crippen LogP contribution is 2.48. The van der Waals surface area contributed by atoms with Crippen molar-refractivity contribution >= 4 is 87.4 Å². The molecule has 0 radical (unpaired) electrons. The maximum absolute atomic E-state index is 14.6. The van der Waals surface area contributed by atoms with Gasteiger partial charge in [-0.25, -0.2) is 19.2 Å². The van der Waals surface area contributed by atoms with Crippen LogP contribution in [0.1, 0.15) is 66.3 Å². The van der Waals surface area contributed by atoms with Crippen molar-refractivity contribution in [3.8, 4) is 34.1 Å². The molecular formula is C69H76ClN7O18. The van der Waals surface area contributed by atoms with E-state index in [9.17, 15) is 38.4 Å². The van der Waals surface area contributed by atoms with Gasteiger partial charge >= 0.3 is 36.2 Å². The normalized spacial score (nSPS) is 18.2. The van der Waals surface area contributed by atoms with Crippen LogP contribution in [0.5, 0.6) is 23.0 Å². The number of rotatable bonds is 24. The highest BCUT2D eigenvalue weighted by molar-refractivity contribution is 6.19. The van der Waals surface area contributed by atoms with Crippen molar-refractivity contribution in [2.45, 2.75) is 82.2 Å². The van der Waals surface area contributed by atoms with Gasteiger partial charge in [0.15, 0.2) is 23.7 Å². The van der Waals surface area contributed by atoms with Crippen LogP contribution in [0, 0.1) is 0 Å². The number of halogens is 1. The minimum Gasteiger partial charge on any atom is -0.493 e. The lowest BCUT2D eigenvalue weighted by Gasteiger charge is -2.38. The number of nitrogens with zero attached hydrogens (tertiary/aromatic N) is 4. The molecule has 10 rings (SSSR count). The number of nitrogens with one attached hydrogen (secondary N) is 3. The highest BCUT2D eigenvalue weighted by atomic mass is 35.5. The van der Waals surface area contributed by atoms with Gasteiger partial charge in [0.2, 0.25) is 18.1 Å². The second-order valence-corrected chi connectivity index (χ2v) is 23.9. The first-order valence-electron chi connectivity index (χ1n) is 31.0. The van der Waals surface area contributed by atoms with Gasteiger partial charge in [0.1, 0.15) is 43.5 Å². The zero-order valence-electron chi connectivity index (χ0n) is 53.9. The maximum atomic E-state index is 14.6. The van der Waals surface area contributed by atoms with Crippen molar-refractivity contribution in [1.29, 1.82) is 0 Å². The van der Waals surface area contributed by atoms with E-state index in [0.29, 0.717) is 54.3 Å². The molecule has 3 heterocycles. The Morgan fingerprint density at radius 1 is 0.726 bits per heavy atom. The van der Waals surface area contributed by atoms with Crippen LogP contribution in [-0.2, 0) is 65.4 Å². The van der Waals surface area contributed by atoms with Crippen molar-refractivity contribution < 1.29 is 85.7 Å². The maximum Gasteiger partial charge on any atom is 0.415 e. The standard InChI is InChI=1S/C69H76ClN7O18/c1-39(78)91-59-34-60(92-40(2)79)66(95-63(59)65(82)87-8)93-55-22-21-41(29-52(55)73-61(80)23-24-71-67(83)89-38-50-46-17-11-9-15-44(46)45-16-10-12-18-47(45)50)37-90-68(84)75(5)25-26-76(6)69(85)94-56-33-54-62(49-20-14-13-19-48(49)56)43(35-70)36-77(54)64(81)53-30-42-31-58(88-28-27-74(3)4)57(86-7)32-51(42)72-53/h9-22,29,31-33,43,50,53,59-60,63,66,72H,23-28,30,34-38H2,1-8H3,(H,71,83)(H,73,80)/t43-,53?,59?,60-,63+,66+/m1/s1. The van der Waals surface area contributed by atoms with Crippen molar-refractivity contribution in [2.75, 3.05) is 110 Å². The minimum absolute atomic E-state index is 0.00173. The lowest BCUT2D eigenvalue weighted by molar-refractivity contribution is -0.248. The smallest absolute Gasteiger partial charge is 0.415 e. The highest BCUT2D eigenvalue weighted by Gasteiger charge is 2.47. The van der Waals surface area contributed by atoms with Gasteiger partial charge in [-0.3, -0.25) is 19.2 Å². The van der Waals surface area contributed by atoms with Crippen LogP contribution in [0.25, 0.3) is 21.9 Å². The average molecular weight is 1330 g/mol. The number of carbonyl (C=O) groups excluding carboxylic acids is 8. The van der Waals surface area contributed by atoms with Crippen molar-refractivity contribution in [1.82, 2.24) is 20.0 Å². The molecule has 1 saturated heterocycles. The molecule has 6 atom stereocenters. The summed E-state index contributed by atoms with van der Waals surface area (Å²) in [7, 11) is 9.61. The number of benzene rings is 6. The number of alkyl carbamates (subject to hydrolysis) is 1. The lowest BCUT2D eigenvalue weighted by Crippen LogP contribution is -2.55. The van der Waals surface area contributed by atoms with Crippen molar-refractivity contribution in [2.24, 2.45) is 0 Å². The molecule has 4 aliphatic rings. The first-order chi connectivity index (χ1) is 45.7. The molecule has 0 bridgehead atoms. The van der Waals surface area contributed by atoms with E-state index in [2.05, 4.69) is 16.0 Å². The number of fused-ring (bicyclic) bond motifs is 7. The first kappa shape index (κ1) is 68.0. The number of methoxy groups -OCH3 is 2. The lowest BCUT2D eigenvalue weighted by atomic mass is 9.95. The predicted molar refractivity (Wildman–Crippen MR) is 349 cm³/mol. The van der Waals surface area contributed by atoms with Gasteiger partial charge < -0.3 is 82.9 Å². The average Bonchev–Trinajstić information content (AvgIpc) is 1.62. The Hall–Kier alpha value is -9.85. The summed E-state index contributed by atoms with van der Waals surface area (Å²) in [6.45, 7) is 3.32. The third-order valence-corrected chi connectivity index (χ3v) is 17.1. The number of alkyl halides is 1. The van der Waals surface area contributed by atoms with Gasteiger partial charge in [0.25, 0.3) is 0 Å². The second kappa shape index (κ2) is 30.5. The second-order valence-electron chi connectivity index (χ2n) is 23.6. The SMILES string of the molecule is COC(=O)[C@H]1O[C@H](Oc2ccc(COC(=O)N(C)CCN(C)C(=O)Oc3cc4c(c5ccccc35)[C@H](CCl)CN4C(=O)C3Cc4cc(OCCN(C)C)c(OC)cc4N3)cc2NC(=O)CCNC(=O)OCC2c3ccccc3-c3ccccc32)[C@H](OC(C)=O)CC1OC(C)=O. The fourth-order valence-corrected chi connectivity index (χ4v) is 12.3. The van der Waals surface area contributed by atoms with Crippen LogP contribution in [0.3, 0.4) is 0 Å². The summed E-state index contributed by atoms with van der Waals surface area (Å²) in [6, 6.07) is 32.5. The Kier molecular flexibility index (Phi) is 21.8. The Bertz CT molecular complexity index is 3840. The number of hydrogen-bond donors (Lipinski definition) is 3. The molecule has 0 saturated carbocycles. The van der Waals surface area contributed by atoms with Crippen molar-refractivity contribution in [3.63, 3.8) is 0 Å². The summed E-state index contributed by atoms with van der Waals surface area (Å²) in [5.41, 5.74) is 7.68. The molecule has 6 aromatic carbocycles. The Morgan fingerprint density at radius 2 is 1.40 bits per heavy atom. The molecule has 6 aromatic rings. The third kappa shape index (κ3) is 15.9. The first-order valence-corrected chi connectivity index (χ1v) is 31.5. The molecule has 0 aromatic heterocycles. The predicted octanol–water partition coefficient (Wildman–Crippen LogP) is 8.59. The minimum atomic E-state index is -1.52. The van der Waals surface area contributed by atoms with E-state index in [1.807, 2.05) is 104 Å². The van der Waals surface area contributed by atoms with Crippen LogP contribution in [0.15, 0.2) is 109 Å². The number of anilines is 3. The van der Waals surface area contributed by atoms with E-state index >= 15 is 0 Å². The summed E-state index contributed by atoms with van der Waals surface area (Å²) in [5, 5.41) is 10.2. The molecule has 25 nitrogen and oxygen atoms in total. The number of amides is 5. The number of likely N-dealkylation sites (N-methyl/N-ethyl adjacent to an activating group) is 3. The van der Waals surface area contributed by atoms with E-state index in [-0.39, 0.29) is 86.5 Å². The number of hydrogen-bond acceptors (Lipinski definition) is 20. The Morgan fingerprint density at radius 3 is 2.07 bits per heavy atom. The molecule has 1 fully saturated rings. The Balaban J connectivity index is 0.780.